The van der Waals surface area contributed by atoms with E-state index >= 15 is 0 Å². The number of benzene rings is 1. The highest BCUT2D eigenvalue weighted by atomic mass is 16.4. The lowest BCUT2D eigenvalue weighted by Crippen LogP contribution is -2.27. The van der Waals surface area contributed by atoms with Gasteiger partial charge < -0.3 is 16.3 Å². The van der Waals surface area contributed by atoms with Crippen molar-refractivity contribution in [3.05, 3.63) is 34.9 Å². The van der Waals surface area contributed by atoms with Gasteiger partial charge in [-0.15, -0.1) is 0 Å². The fourth-order valence-corrected chi connectivity index (χ4v) is 1.71. The molecule has 0 spiro atoms. The Morgan fingerprint density at radius 2 is 2.11 bits per heavy atom. The number of aryl methyl sites for hydroxylation is 2. The summed E-state index contributed by atoms with van der Waals surface area (Å²) in [4.78, 5) is 11.7. The van der Waals surface area contributed by atoms with Gasteiger partial charge in [0.2, 0.25) is 5.91 Å². The predicted octanol–water partition coefficient (Wildman–Crippen LogP) is 1.49. The van der Waals surface area contributed by atoms with Crippen molar-refractivity contribution < 1.29 is 10.0 Å². The summed E-state index contributed by atoms with van der Waals surface area (Å²) in [7, 11) is 0. The molecule has 104 valence electrons. The van der Waals surface area contributed by atoms with Crippen molar-refractivity contribution in [2.24, 2.45) is 10.9 Å². The third-order valence-corrected chi connectivity index (χ3v) is 3.00. The maximum Gasteiger partial charge on any atom is 0.224 e. The second-order valence-corrected chi connectivity index (χ2v) is 4.64. The molecule has 1 aromatic rings. The smallest absolute Gasteiger partial charge is 0.224 e. The Bertz CT molecular complexity index is 470. The normalized spacial score (nSPS) is 11.4. The van der Waals surface area contributed by atoms with E-state index in [-0.39, 0.29) is 11.7 Å². The molecule has 5 heteroatoms. The largest absolute Gasteiger partial charge is 0.409 e. The highest BCUT2D eigenvalue weighted by Gasteiger charge is 2.04. The minimum absolute atomic E-state index is 0.0113. The van der Waals surface area contributed by atoms with E-state index in [0.29, 0.717) is 25.8 Å². The summed E-state index contributed by atoms with van der Waals surface area (Å²) < 4.78 is 0. The molecule has 0 fully saturated rings. The highest BCUT2D eigenvalue weighted by Crippen LogP contribution is 2.10. The molecule has 0 heterocycles. The first-order chi connectivity index (χ1) is 9.02. The van der Waals surface area contributed by atoms with Crippen LogP contribution in [0.15, 0.2) is 23.4 Å². The maximum atomic E-state index is 11.7. The second-order valence-electron chi connectivity index (χ2n) is 4.64. The molecule has 1 amide bonds. The molecular weight excluding hydrogens is 242 g/mol. The molecule has 0 unspecified atom stereocenters. The van der Waals surface area contributed by atoms with Crippen molar-refractivity contribution in [2.75, 3.05) is 6.54 Å². The zero-order valence-electron chi connectivity index (χ0n) is 11.4. The van der Waals surface area contributed by atoms with Gasteiger partial charge in [0.05, 0.1) is 6.42 Å². The van der Waals surface area contributed by atoms with Gasteiger partial charge in [0.1, 0.15) is 5.84 Å². The molecule has 1 aromatic carbocycles. The highest BCUT2D eigenvalue weighted by molar-refractivity contribution is 5.80. The van der Waals surface area contributed by atoms with Crippen LogP contribution in [0.1, 0.15) is 29.5 Å². The van der Waals surface area contributed by atoms with Gasteiger partial charge in [-0.05, 0) is 37.0 Å². The summed E-state index contributed by atoms with van der Waals surface area (Å²) in [5.41, 5.74) is 8.76. The van der Waals surface area contributed by atoms with Gasteiger partial charge in [0.25, 0.3) is 0 Å². The van der Waals surface area contributed by atoms with Gasteiger partial charge in [0.15, 0.2) is 0 Å². The number of rotatable bonds is 6. The van der Waals surface area contributed by atoms with E-state index in [0.717, 1.165) is 5.56 Å². The number of hydrogen-bond acceptors (Lipinski definition) is 3. The first kappa shape index (κ1) is 15.0. The zero-order chi connectivity index (χ0) is 14.3. The lowest BCUT2D eigenvalue weighted by molar-refractivity contribution is -0.120. The summed E-state index contributed by atoms with van der Waals surface area (Å²) in [6.07, 6.45) is 1.51. The third-order valence-electron chi connectivity index (χ3n) is 3.00. The van der Waals surface area contributed by atoms with E-state index in [9.17, 15) is 4.79 Å². The molecular formula is C14H21N3O2. The van der Waals surface area contributed by atoms with Crippen LogP contribution in [0.3, 0.4) is 0 Å². The van der Waals surface area contributed by atoms with Crippen LogP contribution in [0.25, 0.3) is 0 Å². The lowest BCUT2D eigenvalue weighted by atomic mass is 10.0. The molecule has 0 bridgehead atoms. The van der Waals surface area contributed by atoms with E-state index in [1.807, 2.05) is 32.0 Å². The number of carbonyl (C=O) groups excluding carboxylic acids is 1. The summed E-state index contributed by atoms with van der Waals surface area (Å²) in [6.45, 7) is 4.61. The van der Waals surface area contributed by atoms with Crippen LogP contribution in [0.4, 0.5) is 0 Å². The Morgan fingerprint density at radius 1 is 1.37 bits per heavy atom. The van der Waals surface area contributed by atoms with Crippen LogP contribution in [0, 0.1) is 13.8 Å². The monoisotopic (exact) mass is 263 g/mol. The summed E-state index contributed by atoms with van der Waals surface area (Å²) in [6, 6.07) is 6.03. The molecule has 0 saturated heterocycles. The average molecular weight is 263 g/mol. The number of nitrogens with one attached hydrogen (secondary N) is 1. The number of carbonyl (C=O) groups is 1. The molecule has 0 aliphatic rings. The van der Waals surface area contributed by atoms with Crippen molar-refractivity contribution in [3.63, 3.8) is 0 Å². The molecule has 0 aromatic heterocycles. The fraction of sp³-hybridized carbons (Fsp3) is 0.429. The standard InChI is InChI=1S/C14H21N3O2/c1-10-5-6-12(8-11(10)2)9-14(18)16-7-3-4-13(15)17-19/h5-6,8,19H,3-4,7,9H2,1-2H3,(H2,15,17)(H,16,18). The number of nitrogens with zero attached hydrogens (tertiary/aromatic N) is 1. The van der Waals surface area contributed by atoms with Crippen molar-refractivity contribution in [2.45, 2.75) is 33.1 Å². The van der Waals surface area contributed by atoms with Crippen molar-refractivity contribution in [1.29, 1.82) is 0 Å². The van der Waals surface area contributed by atoms with Crippen molar-refractivity contribution in [1.82, 2.24) is 5.32 Å². The SMILES string of the molecule is Cc1ccc(CC(=O)NCCCC(N)=NO)cc1C. The summed E-state index contributed by atoms with van der Waals surface area (Å²) in [5.74, 6) is 0.172. The second kappa shape index (κ2) is 7.41. The first-order valence-corrected chi connectivity index (χ1v) is 6.32. The number of oxime groups is 1. The molecule has 0 aliphatic heterocycles. The third kappa shape index (κ3) is 5.42. The molecule has 5 nitrogen and oxygen atoms in total. The number of amides is 1. The topological polar surface area (TPSA) is 87.7 Å². The van der Waals surface area contributed by atoms with Crippen LogP contribution < -0.4 is 11.1 Å². The van der Waals surface area contributed by atoms with E-state index in [2.05, 4.69) is 10.5 Å². The van der Waals surface area contributed by atoms with E-state index in [1.54, 1.807) is 0 Å². The van der Waals surface area contributed by atoms with E-state index in [4.69, 9.17) is 10.9 Å². The number of amidine groups is 1. The quantitative estimate of drug-likeness (QED) is 0.239. The Morgan fingerprint density at radius 3 is 2.74 bits per heavy atom. The summed E-state index contributed by atoms with van der Waals surface area (Å²) >= 11 is 0. The predicted molar refractivity (Wildman–Crippen MR) is 75.3 cm³/mol. The van der Waals surface area contributed by atoms with Gasteiger partial charge in [0, 0.05) is 13.0 Å². The van der Waals surface area contributed by atoms with Crippen LogP contribution in [-0.4, -0.2) is 23.5 Å². The van der Waals surface area contributed by atoms with Crippen molar-refractivity contribution in [3.8, 4) is 0 Å². The van der Waals surface area contributed by atoms with Crippen molar-refractivity contribution >= 4 is 11.7 Å². The Hall–Kier alpha value is -2.04. The van der Waals surface area contributed by atoms with E-state index in [1.165, 1.54) is 11.1 Å². The van der Waals surface area contributed by atoms with Gasteiger partial charge in [-0.2, -0.15) is 0 Å². The number of hydrogen-bond donors (Lipinski definition) is 3. The maximum absolute atomic E-state index is 11.7. The molecule has 0 atom stereocenters. The Labute approximate surface area is 113 Å². The summed E-state index contributed by atoms with van der Waals surface area (Å²) in [5, 5.41) is 14.0. The van der Waals surface area contributed by atoms with Gasteiger partial charge in [-0.25, -0.2) is 0 Å². The Kier molecular flexibility index (Phi) is 5.85. The molecule has 0 saturated carbocycles. The van der Waals surface area contributed by atoms with Crippen LogP contribution in [0.5, 0.6) is 0 Å². The molecule has 0 radical (unpaired) electrons. The van der Waals surface area contributed by atoms with Crippen LogP contribution >= 0.6 is 0 Å². The first-order valence-electron chi connectivity index (χ1n) is 6.32. The Balaban J connectivity index is 2.33. The van der Waals surface area contributed by atoms with Crippen LogP contribution in [0.2, 0.25) is 0 Å². The minimum atomic E-state index is -0.0113. The van der Waals surface area contributed by atoms with Gasteiger partial charge >= 0.3 is 0 Å². The average Bonchev–Trinajstić information content (AvgIpc) is 2.38. The van der Waals surface area contributed by atoms with Gasteiger partial charge in [-0.1, -0.05) is 23.4 Å². The number of nitrogens with two attached hydrogens (primary N) is 1. The zero-order valence-corrected chi connectivity index (χ0v) is 11.4. The molecule has 1 rings (SSSR count). The minimum Gasteiger partial charge on any atom is -0.409 e. The molecule has 19 heavy (non-hydrogen) atoms. The molecule has 4 N–H and O–H groups in total. The van der Waals surface area contributed by atoms with E-state index < -0.39 is 0 Å². The van der Waals surface area contributed by atoms with Gasteiger partial charge in [-0.3, -0.25) is 4.79 Å². The lowest BCUT2D eigenvalue weighted by Gasteiger charge is -2.07. The van der Waals surface area contributed by atoms with Crippen LogP contribution in [-0.2, 0) is 11.2 Å². The fourth-order valence-electron chi connectivity index (χ4n) is 1.71. The molecule has 0 aliphatic carbocycles.